The maximum atomic E-state index is 13.4. The van der Waals surface area contributed by atoms with Gasteiger partial charge in [0.1, 0.15) is 11.7 Å². The van der Waals surface area contributed by atoms with Gasteiger partial charge in [-0.3, -0.25) is 0 Å². The van der Waals surface area contributed by atoms with Crippen LogP contribution in [0, 0.1) is 0 Å². The molecule has 0 aliphatic carbocycles. The second-order valence-corrected chi connectivity index (χ2v) is 11.9. The van der Waals surface area contributed by atoms with Gasteiger partial charge in [-0.15, -0.1) is 0 Å². The van der Waals surface area contributed by atoms with Crippen LogP contribution in [-0.4, -0.2) is 74.2 Å². The van der Waals surface area contributed by atoms with Crippen molar-refractivity contribution in [2.45, 2.75) is 61.2 Å². The van der Waals surface area contributed by atoms with Crippen LogP contribution in [0.25, 0.3) is 0 Å². The van der Waals surface area contributed by atoms with Gasteiger partial charge in [-0.1, -0.05) is 12.1 Å². The smallest absolute Gasteiger partial charge is 0.423 e. The fourth-order valence-corrected chi connectivity index (χ4v) is 6.57. The number of piperidine rings is 2. The Kier molecular flexibility index (Phi) is 8.08. The van der Waals surface area contributed by atoms with Crippen molar-refractivity contribution >= 4 is 16.0 Å². The van der Waals surface area contributed by atoms with E-state index >= 15 is 0 Å². The Morgan fingerprint density at radius 3 is 2.50 bits per heavy atom. The summed E-state index contributed by atoms with van der Waals surface area (Å²) in [5.74, 6) is -0.119. The van der Waals surface area contributed by atoms with Crippen LogP contribution in [0.5, 0.6) is 5.88 Å². The molecule has 3 aliphatic rings. The fraction of sp³-hybridized carbons (Fsp3) is 0.600. The highest BCUT2D eigenvalue weighted by Gasteiger charge is 2.38. The molecule has 0 amide bonds. The molecule has 0 bridgehead atoms. The molecule has 5 rings (SSSR count). The van der Waals surface area contributed by atoms with Crippen molar-refractivity contribution in [2.75, 3.05) is 44.7 Å². The Hall–Kier alpha value is -2.48. The molecule has 1 aromatic carbocycles. The number of hydrogen-bond acceptors (Lipinski definition) is 8. The summed E-state index contributed by atoms with van der Waals surface area (Å²) in [7, 11) is -3.65. The molecule has 2 N–H and O–H groups in total. The predicted molar refractivity (Wildman–Crippen MR) is 134 cm³/mol. The third kappa shape index (κ3) is 6.22. The number of nitrogens with one attached hydrogen (secondary N) is 2. The fourth-order valence-electron chi connectivity index (χ4n) is 5.10. The normalized spacial score (nSPS) is 23.9. The first kappa shape index (κ1) is 27.1. The minimum Gasteiger partial charge on any atom is -0.471 e. The van der Waals surface area contributed by atoms with Crippen molar-refractivity contribution < 1.29 is 31.1 Å². The van der Waals surface area contributed by atoms with Gasteiger partial charge in [-0.05, 0) is 55.8 Å². The highest BCUT2D eigenvalue weighted by atomic mass is 32.2. The van der Waals surface area contributed by atoms with Gasteiger partial charge in [0.25, 0.3) is 0 Å². The standard InChI is InChI=1S/C25H32F3N5O4S/c26-25(27,28)22-15-30-24(32-23(22)37-20-9-13-36-16-20)31-19-7-11-33(12-8-19)38(34,35)21-5-3-17(4-6-21)18-2-1-10-29-14-18/h3-6,15,18-20,29H,1-2,7-14,16H2,(H,30,31,32)/t18?,20-/m0/s1. The van der Waals surface area contributed by atoms with Gasteiger partial charge in [-0.2, -0.15) is 22.5 Å². The number of sulfonamides is 1. The molecule has 0 spiro atoms. The lowest BCUT2D eigenvalue weighted by atomic mass is 9.92. The number of benzene rings is 1. The van der Waals surface area contributed by atoms with Crippen LogP contribution >= 0.6 is 0 Å². The van der Waals surface area contributed by atoms with E-state index in [-0.39, 0.29) is 36.6 Å². The first-order chi connectivity index (χ1) is 18.2. The molecular weight excluding hydrogens is 523 g/mol. The molecule has 9 nitrogen and oxygen atoms in total. The predicted octanol–water partition coefficient (Wildman–Crippen LogP) is 3.40. The minimum absolute atomic E-state index is 0.0148. The summed E-state index contributed by atoms with van der Waals surface area (Å²) in [4.78, 5) is 8.11. The first-order valence-electron chi connectivity index (χ1n) is 13.0. The summed E-state index contributed by atoms with van der Waals surface area (Å²) in [6, 6.07) is 6.96. The Balaban J connectivity index is 1.20. The number of ether oxygens (including phenoxy) is 2. The average Bonchev–Trinajstić information content (AvgIpc) is 3.42. The Morgan fingerprint density at radius 1 is 1.11 bits per heavy atom. The van der Waals surface area contributed by atoms with E-state index in [1.807, 2.05) is 12.1 Å². The molecule has 13 heteroatoms. The molecule has 2 atom stereocenters. The van der Waals surface area contributed by atoms with Gasteiger partial charge in [0.2, 0.25) is 21.9 Å². The number of hydrogen-bond donors (Lipinski definition) is 2. The number of halogens is 3. The van der Waals surface area contributed by atoms with Crippen molar-refractivity contribution in [3.63, 3.8) is 0 Å². The minimum atomic E-state index is -4.65. The quantitative estimate of drug-likeness (QED) is 0.536. The maximum Gasteiger partial charge on any atom is 0.423 e. The van der Waals surface area contributed by atoms with Crippen LogP contribution in [-0.2, 0) is 20.9 Å². The van der Waals surface area contributed by atoms with E-state index in [4.69, 9.17) is 9.47 Å². The third-order valence-corrected chi connectivity index (χ3v) is 9.21. The molecule has 0 radical (unpaired) electrons. The van der Waals surface area contributed by atoms with Crippen LogP contribution in [0.1, 0.15) is 49.1 Å². The highest BCUT2D eigenvalue weighted by molar-refractivity contribution is 7.89. The van der Waals surface area contributed by atoms with E-state index in [0.29, 0.717) is 38.0 Å². The van der Waals surface area contributed by atoms with E-state index in [2.05, 4.69) is 20.6 Å². The van der Waals surface area contributed by atoms with Gasteiger partial charge in [0.05, 0.1) is 18.1 Å². The summed E-state index contributed by atoms with van der Waals surface area (Å²) >= 11 is 0. The summed E-state index contributed by atoms with van der Waals surface area (Å²) in [5.41, 5.74) is 0.0982. The van der Waals surface area contributed by atoms with E-state index in [9.17, 15) is 21.6 Å². The van der Waals surface area contributed by atoms with Gasteiger partial charge in [0.15, 0.2) is 0 Å². The number of alkyl halides is 3. The lowest BCUT2D eigenvalue weighted by molar-refractivity contribution is -0.139. The number of anilines is 1. The highest BCUT2D eigenvalue weighted by Crippen LogP contribution is 2.36. The van der Waals surface area contributed by atoms with Crippen molar-refractivity contribution in [1.29, 1.82) is 0 Å². The van der Waals surface area contributed by atoms with Crippen molar-refractivity contribution in [3.05, 3.63) is 41.6 Å². The van der Waals surface area contributed by atoms with Crippen LogP contribution in [0.4, 0.5) is 19.1 Å². The molecule has 3 fully saturated rings. The lowest BCUT2D eigenvalue weighted by Crippen LogP contribution is -2.42. The van der Waals surface area contributed by atoms with Gasteiger partial charge < -0.3 is 20.1 Å². The summed E-state index contributed by atoms with van der Waals surface area (Å²) in [5, 5.41) is 6.43. The lowest BCUT2D eigenvalue weighted by Gasteiger charge is -2.32. The van der Waals surface area contributed by atoms with E-state index in [1.54, 1.807) is 12.1 Å². The SMILES string of the molecule is O=S(=O)(c1ccc(C2CCCNC2)cc1)N1CCC(Nc2ncc(C(F)(F)F)c(O[C@H]3CCOC3)n2)CC1. The second kappa shape index (κ2) is 11.3. The molecule has 2 aromatic rings. The van der Waals surface area contributed by atoms with Crippen molar-refractivity contribution in [3.8, 4) is 5.88 Å². The number of rotatable bonds is 7. The van der Waals surface area contributed by atoms with Crippen LogP contribution in [0.15, 0.2) is 35.4 Å². The van der Waals surface area contributed by atoms with Crippen LogP contribution < -0.4 is 15.4 Å². The number of nitrogens with zero attached hydrogens (tertiary/aromatic N) is 3. The number of aromatic nitrogens is 2. The molecule has 1 unspecified atom stereocenters. The topological polar surface area (TPSA) is 106 Å². The summed E-state index contributed by atoms with van der Waals surface area (Å²) in [6.45, 7) is 3.10. The summed E-state index contributed by atoms with van der Waals surface area (Å²) < 4.78 is 78.9. The van der Waals surface area contributed by atoms with E-state index < -0.39 is 33.7 Å². The Bertz CT molecular complexity index is 1190. The van der Waals surface area contributed by atoms with Crippen LogP contribution in [0.3, 0.4) is 0 Å². The average molecular weight is 556 g/mol. The maximum absolute atomic E-state index is 13.4. The second-order valence-electron chi connectivity index (χ2n) is 9.95. The first-order valence-corrected chi connectivity index (χ1v) is 14.4. The molecule has 4 heterocycles. The van der Waals surface area contributed by atoms with E-state index in [0.717, 1.165) is 31.5 Å². The Labute approximate surface area is 220 Å². The zero-order chi connectivity index (χ0) is 26.8. The zero-order valence-corrected chi connectivity index (χ0v) is 21.7. The monoisotopic (exact) mass is 555 g/mol. The van der Waals surface area contributed by atoms with Crippen LogP contribution in [0.2, 0.25) is 0 Å². The molecule has 3 aliphatic heterocycles. The van der Waals surface area contributed by atoms with Crippen molar-refractivity contribution in [1.82, 2.24) is 19.6 Å². The van der Waals surface area contributed by atoms with Gasteiger partial charge >= 0.3 is 6.18 Å². The van der Waals surface area contributed by atoms with Crippen molar-refractivity contribution in [2.24, 2.45) is 0 Å². The summed E-state index contributed by atoms with van der Waals surface area (Å²) in [6.07, 6.45) is -0.839. The molecule has 38 heavy (non-hydrogen) atoms. The van der Waals surface area contributed by atoms with Gasteiger partial charge in [0, 0.05) is 38.3 Å². The molecular formula is C25H32F3N5O4S. The zero-order valence-electron chi connectivity index (χ0n) is 20.9. The molecule has 208 valence electrons. The van der Waals surface area contributed by atoms with Gasteiger partial charge in [-0.25, -0.2) is 13.4 Å². The molecule has 3 saturated heterocycles. The Morgan fingerprint density at radius 2 is 1.87 bits per heavy atom. The molecule has 1 aromatic heterocycles. The third-order valence-electron chi connectivity index (χ3n) is 7.30. The molecule has 0 saturated carbocycles. The largest absolute Gasteiger partial charge is 0.471 e. The van der Waals surface area contributed by atoms with E-state index in [1.165, 1.54) is 4.31 Å².